The SMILES string of the molecule is CN=C(NCCC(C)C)NCCN(CC1CC1)C1CC1.I. The molecular formula is C16H33IN4. The third-order valence-corrected chi connectivity index (χ3v) is 4.18. The lowest BCUT2D eigenvalue weighted by atomic mass is 10.1. The normalized spacial score (nSPS) is 18.8. The highest BCUT2D eigenvalue weighted by atomic mass is 127. The first-order chi connectivity index (χ1) is 9.69. The molecule has 0 amide bonds. The van der Waals surface area contributed by atoms with Gasteiger partial charge < -0.3 is 10.6 Å². The van der Waals surface area contributed by atoms with Crippen molar-refractivity contribution in [3.05, 3.63) is 0 Å². The summed E-state index contributed by atoms with van der Waals surface area (Å²) in [6, 6.07) is 0.883. The number of nitrogens with one attached hydrogen (secondary N) is 2. The van der Waals surface area contributed by atoms with Crippen LogP contribution in [0.4, 0.5) is 0 Å². The molecule has 0 radical (unpaired) electrons. The van der Waals surface area contributed by atoms with Crippen molar-refractivity contribution in [1.29, 1.82) is 0 Å². The van der Waals surface area contributed by atoms with Crippen LogP contribution in [0.2, 0.25) is 0 Å². The zero-order valence-corrected chi connectivity index (χ0v) is 16.2. The van der Waals surface area contributed by atoms with E-state index in [0.29, 0.717) is 0 Å². The molecule has 2 aliphatic carbocycles. The molecule has 21 heavy (non-hydrogen) atoms. The van der Waals surface area contributed by atoms with Crippen LogP contribution in [0, 0.1) is 11.8 Å². The van der Waals surface area contributed by atoms with Gasteiger partial charge in [-0.1, -0.05) is 13.8 Å². The van der Waals surface area contributed by atoms with Gasteiger partial charge in [0.1, 0.15) is 0 Å². The number of halogens is 1. The minimum atomic E-state index is 0. The molecule has 0 aliphatic heterocycles. The zero-order valence-electron chi connectivity index (χ0n) is 13.9. The first-order valence-corrected chi connectivity index (χ1v) is 8.37. The second-order valence-electron chi connectivity index (χ2n) is 6.78. The maximum Gasteiger partial charge on any atom is 0.191 e. The number of nitrogens with zero attached hydrogens (tertiary/aromatic N) is 2. The van der Waals surface area contributed by atoms with Gasteiger partial charge in [-0.05, 0) is 43.9 Å². The number of hydrogen-bond donors (Lipinski definition) is 2. The molecule has 0 unspecified atom stereocenters. The van der Waals surface area contributed by atoms with E-state index in [9.17, 15) is 0 Å². The van der Waals surface area contributed by atoms with E-state index in [-0.39, 0.29) is 24.0 Å². The van der Waals surface area contributed by atoms with Crippen molar-refractivity contribution in [2.24, 2.45) is 16.8 Å². The highest BCUT2D eigenvalue weighted by Crippen LogP contribution is 2.34. The summed E-state index contributed by atoms with van der Waals surface area (Å²) in [6.07, 6.45) is 6.92. The molecule has 4 nitrogen and oxygen atoms in total. The van der Waals surface area contributed by atoms with Crippen molar-refractivity contribution in [2.75, 3.05) is 33.2 Å². The molecule has 0 spiro atoms. The maximum absolute atomic E-state index is 4.29. The van der Waals surface area contributed by atoms with E-state index in [1.165, 1.54) is 38.6 Å². The summed E-state index contributed by atoms with van der Waals surface area (Å²) in [5, 5.41) is 6.84. The first-order valence-electron chi connectivity index (χ1n) is 8.37. The second kappa shape index (κ2) is 9.87. The van der Waals surface area contributed by atoms with Gasteiger partial charge in [0.05, 0.1) is 0 Å². The van der Waals surface area contributed by atoms with Gasteiger partial charge in [-0.15, -0.1) is 24.0 Å². The summed E-state index contributed by atoms with van der Waals surface area (Å²) < 4.78 is 0. The van der Waals surface area contributed by atoms with Gasteiger partial charge in [0.2, 0.25) is 0 Å². The Labute approximate surface area is 147 Å². The van der Waals surface area contributed by atoms with E-state index in [1.54, 1.807) is 0 Å². The molecule has 5 heteroatoms. The molecule has 2 saturated carbocycles. The van der Waals surface area contributed by atoms with Crippen molar-refractivity contribution in [2.45, 2.75) is 52.0 Å². The molecule has 0 aromatic rings. The molecule has 2 fully saturated rings. The lowest BCUT2D eigenvalue weighted by Gasteiger charge is -2.22. The van der Waals surface area contributed by atoms with Gasteiger partial charge in [-0.2, -0.15) is 0 Å². The summed E-state index contributed by atoms with van der Waals surface area (Å²) in [6.45, 7) is 9.00. The summed E-state index contributed by atoms with van der Waals surface area (Å²) in [4.78, 5) is 6.98. The molecule has 2 rings (SSSR count). The Kier molecular flexibility index (Phi) is 8.94. The van der Waals surface area contributed by atoms with E-state index < -0.39 is 0 Å². The molecule has 0 aromatic heterocycles. The molecule has 0 atom stereocenters. The number of rotatable bonds is 9. The molecule has 0 bridgehead atoms. The Morgan fingerprint density at radius 3 is 2.33 bits per heavy atom. The van der Waals surface area contributed by atoms with E-state index in [2.05, 4.69) is 34.4 Å². The summed E-state index contributed by atoms with van der Waals surface area (Å²) in [7, 11) is 1.85. The lowest BCUT2D eigenvalue weighted by molar-refractivity contribution is 0.256. The summed E-state index contributed by atoms with van der Waals surface area (Å²) in [5.74, 6) is 2.69. The molecule has 0 saturated heterocycles. The average Bonchev–Trinajstić information content (AvgIpc) is 3.27. The van der Waals surface area contributed by atoms with Gasteiger partial charge in [0.25, 0.3) is 0 Å². The van der Waals surface area contributed by atoms with E-state index in [0.717, 1.165) is 43.5 Å². The van der Waals surface area contributed by atoms with Crippen LogP contribution in [-0.2, 0) is 0 Å². The van der Waals surface area contributed by atoms with E-state index in [1.807, 2.05) is 7.05 Å². The molecule has 2 aliphatic rings. The van der Waals surface area contributed by atoms with Crippen molar-refractivity contribution >= 4 is 29.9 Å². The van der Waals surface area contributed by atoms with Crippen LogP contribution in [0.15, 0.2) is 4.99 Å². The predicted octanol–water partition coefficient (Wildman–Crippen LogP) is 2.69. The predicted molar refractivity (Wildman–Crippen MR) is 102 cm³/mol. The van der Waals surface area contributed by atoms with Crippen LogP contribution in [0.5, 0.6) is 0 Å². The number of aliphatic imine (C=N–C) groups is 1. The van der Waals surface area contributed by atoms with Gasteiger partial charge in [0, 0.05) is 39.3 Å². The Hall–Kier alpha value is -0.0400. The monoisotopic (exact) mass is 408 g/mol. The highest BCUT2D eigenvalue weighted by molar-refractivity contribution is 14.0. The van der Waals surface area contributed by atoms with Gasteiger partial charge in [0.15, 0.2) is 5.96 Å². The van der Waals surface area contributed by atoms with Crippen LogP contribution in [0.3, 0.4) is 0 Å². The van der Waals surface area contributed by atoms with Crippen molar-refractivity contribution in [3.63, 3.8) is 0 Å². The Morgan fingerprint density at radius 2 is 1.81 bits per heavy atom. The van der Waals surface area contributed by atoms with Crippen LogP contribution in [0.1, 0.15) is 46.0 Å². The minimum absolute atomic E-state index is 0. The van der Waals surface area contributed by atoms with Crippen LogP contribution < -0.4 is 10.6 Å². The van der Waals surface area contributed by atoms with Crippen molar-refractivity contribution < 1.29 is 0 Å². The van der Waals surface area contributed by atoms with Crippen molar-refractivity contribution in [3.8, 4) is 0 Å². The van der Waals surface area contributed by atoms with Crippen LogP contribution in [-0.4, -0.2) is 50.1 Å². The molecule has 124 valence electrons. The van der Waals surface area contributed by atoms with Gasteiger partial charge >= 0.3 is 0 Å². The lowest BCUT2D eigenvalue weighted by Crippen LogP contribution is -2.42. The standard InChI is InChI=1S/C16H32N4.HI/c1-13(2)8-9-18-16(17-3)19-10-11-20(15-6-7-15)12-14-4-5-14;/h13-15H,4-12H2,1-3H3,(H2,17,18,19);1H. The maximum atomic E-state index is 4.29. The fraction of sp³-hybridized carbons (Fsp3) is 0.938. The molecule has 0 aromatic carbocycles. The van der Waals surface area contributed by atoms with Crippen molar-refractivity contribution in [1.82, 2.24) is 15.5 Å². The highest BCUT2D eigenvalue weighted by Gasteiger charge is 2.33. The van der Waals surface area contributed by atoms with Crippen LogP contribution >= 0.6 is 24.0 Å². The minimum Gasteiger partial charge on any atom is -0.356 e. The summed E-state index contributed by atoms with van der Waals surface area (Å²) in [5.41, 5.74) is 0. The smallest absolute Gasteiger partial charge is 0.191 e. The second-order valence-corrected chi connectivity index (χ2v) is 6.78. The molecule has 0 heterocycles. The topological polar surface area (TPSA) is 39.7 Å². The molecular weight excluding hydrogens is 375 g/mol. The first kappa shape index (κ1) is 19.0. The van der Waals surface area contributed by atoms with E-state index >= 15 is 0 Å². The third-order valence-electron chi connectivity index (χ3n) is 4.18. The van der Waals surface area contributed by atoms with Gasteiger partial charge in [-0.3, -0.25) is 9.89 Å². The fourth-order valence-corrected chi connectivity index (χ4v) is 2.51. The van der Waals surface area contributed by atoms with Crippen LogP contribution in [0.25, 0.3) is 0 Å². The van der Waals surface area contributed by atoms with Gasteiger partial charge in [-0.25, -0.2) is 0 Å². The number of hydrogen-bond acceptors (Lipinski definition) is 2. The largest absolute Gasteiger partial charge is 0.356 e. The number of guanidine groups is 1. The Bertz CT molecular complexity index is 311. The Balaban J connectivity index is 0.00000220. The quantitative estimate of drug-likeness (QED) is 0.350. The molecule has 2 N–H and O–H groups in total. The average molecular weight is 408 g/mol. The Morgan fingerprint density at radius 1 is 1.14 bits per heavy atom. The zero-order chi connectivity index (χ0) is 14.4. The summed E-state index contributed by atoms with van der Waals surface area (Å²) >= 11 is 0. The fourth-order valence-electron chi connectivity index (χ4n) is 2.51. The van der Waals surface area contributed by atoms with E-state index in [4.69, 9.17) is 0 Å². The third kappa shape index (κ3) is 8.24.